The Kier molecular flexibility index (Phi) is 1.08. The van der Waals surface area contributed by atoms with E-state index in [-0.39, 0.29) is 0 Å². The van der Waals surface area contributed by atoms with E-state index in [1.165, 1.54) is 10.5 Å². The lowest BCUT2D eigenvalue weighted by molar-refractivity contribution is 0.909. The summed E-state index contributed by atoms with van der Waals surface area (Å²) in [7, 11) is 0. The van der Waals surface area contributed by atoms with Crippen LogP contribution in [0.2, 0.25) is 0 Å². The zero-order valence-electron chi connectivity index (χ0n) is 5.96. The van der Waals surface area contributed by atoms with Gasteiger partial charge in [-0.2, -0.15) is 5.10 Å². The first kappa shape index (κ1) is 5.92. The fraction of sp³-hybridized carbons (Fsp3) is 0.286. The molecule has 0 saturated heterocycles. The molecule has 0 aliphatic heterocycles. The molecule has 2 rings (SSSR count). The number of aryl methyl sites for hydroxylation is 2. The topological polar surface area (TPSA) is 17.3 Å². The third-order valence-electron chi connectivity index (χ3n) is 1.48. The molecule has 0 saturated carbocycles. The van der Waals surface area contributed by atoms with Gasteiger partial charge in [0.15, 0.2) is 0 Å². The number of thiazole rings is 1. The first-order valence-electron chi connectivity index (χ1n) is 3.18. The van der Waals surface area contributed by atoms with Gasteiger partial charge >= 0.3 is 0 Å². The Morgan fingerprint density at radius 2 is 2.30 bits per heavy atom. The van der Waals surface area contributed by atoms with Gasteiger partial charge < -0.3 is 0 Å². The van der Waals surface area contributed by atoms with E-state index in [0.29, 0.717) is 0 Å². The summed E-state index contributed by atoms with van der Waals surface area (Å²) in [4.78, 5) is 1.23. The summed E-state index contributed by atoms with van der Waals surface area (Å²) >= 11 is 1.74. The molecule has 2 heterocycles. The molecule has 0 aliphatic carbocycles. The number of aromatic nitrogens is 2. The lowest BCUT2D eigenvalue weighted by Crippen LogP contribution is -1.85. The second-order valence-corrected chi connectivity index (χ2v) is 3.30. The molecule has 0 unspecified atom stereocenters. The highest BCUT2D eigenvalue weighted by Gasteiger charge is 2.00. The van der Waals surface area contributed by atoms with Gasteiger partial charge in [-0.15, -0.1) is 11.3 Å². The van der Waals surface area contributed by atoms with Crippen LogP contribution < -0.4 is 0 Å². The van der Waals surface area contributed by atoms with Gasteiger partial charge in [0, 0.05) is 5.38 Å². The Balaban J connectivity index is 2.90. The fourth-order valence-electron chi connectivity index (χ4n) is 1.01. The third-order valence-corrected chi connectivity index (χ3v) is 2.47. The molecule has 0 spiro atoms. The van der Waals surface area contributed by atoms with Crippen molar-refractivity contribution in [3.8, 4) is 0 Å². The predicted molar refractivity (Wildman–Crippen MR) is 42.5 cm³/mol. The van der Waals surface area contributed by atoms with E-state index >= 15 is 0 Å². The van der Waals surface area contributed by atoms with Gasteiger partial charge in [0.2, 0.25) is 0 Å². The van der Waals surface area contributed by atoms with Gasteiger partial charge in [-0.05, 0) is 19.9 Å². The summed E-state index contributed by atoms with van der Waals surface area (Å²) in [6.45, 7) is 4.08. The maximum absolute atomic E-state index is 4.30. The zero-order valence-corrected chi connectivity index (χ0v) is 6.77. The van der Waals surface area contributed by atoms with Crippen LogP contribution in [0.15, 0.2) is 11.4 Å². The Hall–Kier alpha value is -0.830. The minimum atomic E-state index is 1.09. The van der Waals surface area contributed by atoms with Crippen molar-refractivity contribution >= 4 is 16.2 Å². The number of hydrogen-bond acceptors (Lipinski definition) is 2. The lowest BCUT2D eigenvalue weighted by atomic mass is 10.5. The number of rotatable bonds is 0. The molecule has 2 nitrogen and oxygen atoms in total. The summed E-state index contributed by atoms with van der Waals surface area (Å²) in [5, 5.41) is 6.41. The van der Waals surface area contributed by atoms with Crippen LogP contribution >= 0.6 is 11.3 Å². The van der Waals surface area contributed by atoms with E-state index in [1.54, 1.807) is 11.3 Å². The van der Waals surface area contributed by atoms with Gasteiger partial charge in [0.05, 0.1) is 11.4 Å². The van der Waals surface area contributed by atoms with Crippen LogP contribution in [0, 0.1) is 13.8 Å². The summed E-state index contributed by atoms with van der Waals surface area (Å²) in [5.41, 5.74) is 2.31. The smallest absolute Gasteiger partial charge is 0.119 e. The van der Waals surface area contributed by atoms with Gasteiger partial charge in [-0.25, -0.2) is 4.52 Å². The van der Waals surface area contributed by atoms with Crippen LogP contribution in [-0.4, -0.2) is 9.61 Å². The highest BCUT2D eigenvalue weighted by Crippen LogP contribution is 2.15. The molecule has 52 valence electrons. The normalized spacial score (nSPS) is 11.0. The third kappa shape index (κ3) is 0.671. The number of hydrogen-bond donors (Lipinski definition) is 0. The van der Waals surface area contributed by atoms with Crippen molar-refractivity contribution in [2.24, 2.45) is 0 Å². The van der Waals surface area contributed by atoms with Gasteiger partial charge in [-0.1, -0.05) is 0 Å². The van der Waals surface area contributed by atoms with E-state index in [2.05, 4.69) is 23.5 Å². The summed E-state index contributed by atoms with van der Waals surface area (Å²) in [5.74, 6) is 0. The fourth-order valence-corrected chi connectivity index (χ4v) is 1.92. The molecule has 0 bridgehead atoms. The Morgan fingerprint density at radius 1 is 1.50 bits per heavy atom. The second-order valence-electron chi connectivity index (χ2n) is 2.41. The van der Waals surface area contributed by atoms with Gasteiger partial charge in [0.1, 0.15) is 4.83 Å². The van der Waals surface area contributed by atoms with Gasteiger partial charge in [0.25, 0.3) is 0 Å². The molecule has 0 amide bonds. The highest BCUT2D eigenvalue weighted by atomic mass is 32.1. The number of nitrogens with zero attached hydrogens (tertiary/aromatic N) is 2. The summed E-state index contributed by atoms with van der Waals surface area (Å²) < 4.78 is 1.97. The lowest BCUT2D eigenvalue weighted by Gasteiger charge is -1.83. The van der Waals surface area contributed by atoms with E-state index in [1.807, 2.05) is 11.4 Å². The van der Waals surface area contributed by atoms with Crippen LogP contribution in [0.1, 0.15) is 11.4 Å². The Labute approximate surface area is 63.1 Å². The molecule has 0 aromatic carbocycles. The Bertz CT molecular complexity index is 358. The van der Waals surface area contributed by atoms with Crippen LogP contribution in [0.5, 0.6) is 0 Å². The maximum atomic E-state index is 4.30. The van der Waals surface area contributed by atoms with E-state index in [9.17, 15) is 0 Å². The quantitative estimate of drug-likeness (QED) is 0.564. The molecular formula is C7H8N2S. The first-order chi connectivity index (χ1) is 4.77. The van der Waals surface area contributed by atoms with Crippen molar-refractivity contribution in [1.29, 1.82) is 0 Å². The predicted octanol–water partition coefficient (Wildman–Crippen LogP) is 2.01. The number of fused-ring (bicyclic) bond motifs is 1. The van der Waals surface area contributed by atoms with Crippen molar-refractivity contribution in [3.05, 3.63) is 22.8 Å². The van der Waals surface area contributed by atoms with E-state index in [4.69, 9.17) is 0 Å². The molecule has 0 aliphatic rings. The average molecular weight is 152 g/mol. The minimum Gasteiger partial charge on any atom is -0.227 e. The molecule has 10 heavy (non-hydrogen) atoms. The van der Waals surface area contributed by atoms with Crippen molar-refractivity contribution in [2.45, 2.75) is 13.8 Å². The molecule has 0 radical (unpaired) electrons. The van der Waals surface area contributed by atoms with Crippen LogP contribution in [-0.2, 0) is 0 Å². The second kappa shape index (κ2) is 1.83. The molecule has 3 heteroatoms. The monoisotopic (exact) mass is 152 g/mol. The van der Waals surface area contributed by atoms with Crippen LogP contribution in [0.4, 0.5) is 0 Å². The summed E-state index contributed by atoms with van der Waals surface area (Å²) in [6.07, 6.45) is 0. The first-order valence-corrected chi connectivity index (χ1v) is 4.06. The minimum absolute atomic E-state index is 1.09. The Morgan fingerprint density at radius 3 is 3.00 bits per heavy atom. The van der Waals surface area contributed by atoms with Crippen molar-refractivity contribution < 1.29 is 0 Å². The summed E-state index contributed by atoms with van der Waals surface area (Å²) in [6, 6.07) is 2.09. The van der Waals surface area contributed by atoms with Crippen molar-refractivity contribution in [1.82, 2.24) is 9.61 Å². The average Bonchev–Trinajstić information content (AvgIpc) is 2.35. The molecule has 0 N–H and O–H groups in total. The highest BCUT2D eigenvalue weighted by molar-refractivity contribution is 7.15. The zero-order chi connectivity index (χ0) is 7.14. The van der Waals surface area contributed by atoms with E-state index < -0.39 is 0 Å². The molecular weight excluding hydrogens is 144 g/mol. The molecule has 0 atom stereocenters. The largest absolute Gasteiger partial charge is 0.227 e. The van der Waals surface area contributed by atoms with Crippen molar-refractivity contribution in [2.75, 3.05) is 0 Å². The van der Waals surface area contributed by atoms with Crippen LogP contribution in [0.25, 0.3) is 4.83 Å². The van der Waals surface area contributed by atoms with Gasteiger partial charge in [-0.3, -0.25) is 0 Å². The maximum Gasteiger partial charge on any atom is 0.119 e. The SMILES string of the molecule is Cc1cc2scc(C)n2n1. The standard InChI is InChI=1S/C7H8N2S/c1-5-3-7-9(8-5)6(2)4-10-7/h3-4H,1-2H3. The molecule has 2 aromatic heterocycles. The van der Waals surface area contributed by atoms with E-state index in [0.717, 1.165) is 5.69 Å². The van der Waals surface area contributed by atoms with Crippen LogP contribution in [0.3, 0.4) is 0 Å². The van der Waals surface area contributed by atoms with Crippen molar-refractivity contribution in [3.63, 3.8) is 0 Å². The molecule has 2 aromatic rings. The molecule has 0 fully saturated rings.